The third kappa shape index (κ3) is 1.58. The summed E-state index contributed by atoms with van der Waals surface area (Å²) in [5.74, 6) is 0. The Morgan fingerprint density at radius 3 is 2.83 bits per heavy atom. The van der Waals surface area contributed by atoms with Crippen molar-refractivity contribution in [2.24, 2.45) is 0 Å². The van der Waals surface area contributed by atoms with Crippen LogP contribution in [-0.2, 0) is 0 Å². The van der Waals surface area contributed by atoms with E-state index in [-0.39, 0.29) is 0 Å². The predicted molar refractivity (Wildman–Crippen MR) is 54.5 cm³/mol. The number of benzene rings is 1. The van der Waals surface area contributed by atoms with Crippen molar-refractivity contribution in [1.82, 2.24) is 0 Å². The van der Waals surface area contributed by atoms with Crippen LogP contribution >= 0.6 is 11.8 Å². The van der Waals surface area contributed by atoms with Crippen LogP contribution in [0, 0.1) is 6.92 Å². The molecule has 2 N–H and O–H groups in total. The van der Waals surface area contributed by atoms with Crippen LogP contribution in [0.4, 0.5) is 5.69 Å². The topological polar surface area (TPSA) is 26.0 Å². The Bertz CT molecular complexity index is 292. The summed E-state index contributed by atoms with van der Waals surface area (Å²) in [6.45, 7) is 2.10. The number of rotatable bonds is 2. The summed E-state index contributed by atoms with van der Waals surface area (Å²) in [6.07, 6.45) is 2.75. The first kappa shape index (κ1) is 7.99. The largest absolute Gasteiger partial charge is 0.398 e. The highest BCUT2D eigenvalue weighted by Gasteiger charge is 2.23. The van der Waals surface area contributed by atoms with E-state index in [1.165, 1.54) is 23.3 Å². The van der Waals surface area contributed by atoms with Gasteiger partial charge in [0.2, 0.25) is 0 Å². The highest BCUT2D eigenvalue weighted by atomic mass is 32.2. The Kier molecular flexibility index (Phi) is 2.01. The van der Waals surface area contributed by atoms with Crippen LogP contribution in [0.15, 0.2) is 23.1 Å². The van der Waals surface area contributed by atoms with Crippen molar-refractivity contribution in [1.29, 1.82) is 0 Å². The lowest BCUT2D eigenvalue weighted by atomic mass is 10.2. The maximum Gasteiger partial charge on any atom is 0.0354 e. The summed E-state index contributed by atoms with van der Waals surface area (Å²) in [7, 11) is 0. The normalized spacial score (nSPS) is 16.4. The second-order valence-electron chi connectivity index (χ2n) is 3.29. The van der Waals surface area contributed by atoms with Crippen LogP contribution < -0.4 is 5.73 Å². The molecule has 1 saturated carbocycles. The standard InChI is InChI=1S/C10H13NS/c1-7-9(11)3-2-4-10(7)12-8-5-6-8/h2-4,8H,5-6,11H2,1H3. The fraction of sp³-hybridized carbons (Fsp3) is 0.400. The summed E-state index contributed by atoms with van der Waals surface area (Å²) in [5, 5.41) is 0.866. The van der Waals surface area contributed by atoms with Gasteiger partial charge in [0.05, 0.1) is 0 Å². The lowest BCUT2D eigenvalue weighted by Gasteiger charge is -2.06. The zero-order valence-electron chi connectivity index (χ0n) is 7.21. The molecule has 0 radical (unpaired) electrons. The van der Waals surface area contributed by atoms with Crippen LogP contribution in [0.1, 0.15) is 18.4 Å². The number of nitrogen functional groups attached to an aromatic ring is 1. The average molecular weight is 179 g/mol. The van der Waals surface area contributed by atoms with Gasteiger partial charge < -0.3 is 5.73 Å². The van der Waals surface area contributed by atoms with E-state index in [9.17, 15) is 0 Å². The molecule has 1 nitrogen and oxygen atoms in total. The van der Waals surface area contributed by atoms with Gasteiger partial charge in [0.1, 0.15) is 0 Å². The van der Waals surface area contributed by atoms with Gasteiger partial charge in [0.25, 0.3) is 0 Å². The Balaban J connectivity index is 2.23. The molecular formula is C10H13NS. The lowest BCUT2D eigenvalue weighted by Crippen LogP contribution is -1.90. The molecule has 0 heterocycles. The van der Waals surface area contributed by atoms with E-state index in [1.54, 1.807) is 0 Å². The fourth-order valence-electron chi connectivity index (χ4n) is 1.12. The maximum atomic E-state index is 5.80. The van der Waals surface area contributed by atoms with Gasteiger partial charge in [-0.3, -0.25) is 0 Å². The van der Waals surface area contributed by atoms with Crippen molar-refractivity contribution in [3.63, 3.8) is 0 Å². The van der Waals surface area contributed by atoms with Crippen LogP contribution in [0.3, 0.4) is 0 Å². The molecule has 1 aromatic rings. The van der Waals surface area contributed by atoms with E-state index in [0.717, 1.165) is 10.9 Å². The number of anilines is 1. The van der Waals surface area contributed by atoms with Crippen molar-refractivity contribution < 1.29 is 0 Å². The van der Waals surface area contributed by atoms with Gasteiger partial charge in [-0.25, -0.2) is 0 Å². The molecule has 0 aliphatic heterocycles. The summed E-state index contributed by atoms with van der Waals surface area (Å²) >= 11 is 1.97. The van der Waals surface area contributed by atoms with E-state index in [0.29, 0.717) is 0 Å². The minimum Gasteiger partial charge on any atom is -0.398 e. The first-order valence-electron chi connectivity index (χ1n) is 4.29. The molecule has 1 aromatic carbocycles. The number of hydrogen-bond donors (Lipinski definition) is 1. The molecule has 0 aromatic heterocycles. The molecule has 12 heavy (non-hydrogen) atoms. The van der Waals surface area contributed by atoms with Gasteiger partial charge in [-0.05, 0) is 37.5 Å². The fourth-order valence-corrected chi connectivity index (χ4v) is 2.31. The Hall–Kier alpha value is -0.630. The molecule has 0 saturated heterocycles. The van der Waals surface area contributed by atoms with Crippen molar-refractivity contribution in [2.75, 3.05) is 5.73 Å². The zero-order chi connectivity index (χ0) is 8.55. The molecule has 0 atom stereocenters. The van der Waals surface area contributed by atoms with E-state index in [4.69, 9.17) is 5.73 Å². The third-order valence-electron chi connectivity index (χ3n) is 2.14. The number of thioether (sulfide) groups is 1. The summed E-state index contributed by atoms with van der Waals surface area (Å²) in [5.41, 5.74) is 7.97. The summed E-state index contributed by atoms with van der Waals surface area (Å²) in [4.78, 5) is 1.36. The molecule has 1 aliphatic carbocycles. The molecule has 1 aliphatic rings. The predicted octanol–water partition coefficient (Wildman–Crippen LogP) is 2.83. The average Bonchev–Trinajstić information content (AvgIpc) is 2.83. The Morgan fingerprint density at radius 1 is 1.42 bits per heavy atom. The first-order chi connectivity index (χ1) is 5.77. The molecule has 2 rings (SSSR count). The van der Waals surface area contributed by atoms with Gasteiger partial charge >= 0.3 is 0 Å². The van der Waals surface area contributed by atoms with Crippen molar-refractivity contribution in [3.05, 3.63) is 23.8 Å². The minimum absolute atomic E-state index is 0.866. The zero-order valence-corrected chi connectivity index (χ0v) is 8.03. The van der Waals surface area contributed by atoms with Gasteiger partial charge in [0, 0.05) is 15.8 Å². The van der Waals surface area contributed by atoms with Crippen molar-refractivity contribution in [2.45, 2.75) is 29.9 Å². The van der Waals surface area contributed by atoms with Crippen molar-refractivity contribution >= 4 is 17.4 Å². The van der Waals surface area contributed by atoms with Gasteiger partial charge in [-0.2, -0.15) is 0 Å². The van der Waals surface area contributed by atoms with E-state index >= 15 is 0 Å². The molecule has 0 spiro atoms. The molecule has 0 amide bonds. The van der Waals surface area contributed by atoms with Crippen LogP contribution in [0.2, 0.25) is 0 Å². The molecule has 1 fully saturated rings. The Morgan fingerprint density at radius 2 is 2.17 bits per heavy atom. The van der Waals surface area contributed by atoms with Gasteiger partial charge in [0.15, 0.2) is 0 Å². The van der Waals surface area contributed by atoms with E-state index in [1.807, 2.05) is 23.9 Å². The number of hydrogen-bond acceptors (Lipinski definition) is 2. The van der Waals surface area contributed by atoms with Gasteiger partial charge in [-0.1, -0.05) is 6.07 Å². The second kappa shape index (κ2) is 3.02. The monoisotopic (exact) mass is 179 g/mol. The minimum atomic E-state index is 0.866. The maximum absolute atomic E-state index is 5.80. The molecular weight excluding hydrogens is 166 g/mol. The molecule has 2 heteroatoms. The van der Waals surface area contributed by atoms with Crippen LogP contribution in [0.25, 0.3) is 0 Å². The molecule has 64 valence electrons. The van der Waals surface area contributed by atoms with Gasteiger partial charge in [-0.15, -0.1) is 11.8 Å². The number of nitrogens with two attached hydrogens (primary N) is 1. The van der Waals surface area contributed by atoms with E-state index < -0.39 is 0 Å². The van der Waals surface area contributed by atoms with Crippen LogP contribution in [0.5, 0.6) is 0 Å². The highest BCUT2D eigenvalue weighted by Crippen LogP contribution is 2.41. The smallest absolute Gasteiger partial charge is 0.0354 e. The van der Waals surface area contributed by atoms with Crippen molar-refractivity contribution in [3.8, 4) is 0 Å². The molecule has 0 unspecified atom stereocenters. The summed E-state index contributed by atoms with van der Waals surface area (Å²) in [6, 6.07) is 6.16. The van der Waals surface area contributed by atoms with Crippen LogP contribution in [-0.4, -0.2) is 5.25 Å². The highest BCUT2D eigenvalue weighted by molar-refractivity contribution is 8.00. The lowest BCUT2D eigenvalue weighted by molar-refractivity contribution is 1.30. The SMILES string of the molecule is Cc1c(N)cccc1SC1CC1. The molecule has 0 bridgehead atoms. The first-order valence-corrected chi connectivity index (χ1v) is 5.17. The summed E-state index contributed by atoms with van der Waals surface area (Å²) < 4.78 is 0. The van der Waals surface area contributed by atoms with E-state index in [2.05, 4.69) is 13.0 Å². The second-order valence-corrected chi connectivity index (χ2v) is 4.63. The quantitative estimate of drug-likeness (QED) is 0.706. The third-order valence-corrected chi connectivity index (χ3v) is 3.64. The Labute approximate surface area is 77.3 Å².